The Kier molecular flexibility index (Phi) is 17.4. The Hall–Kier alpha value is -1.91. The molecule has 2 aliphatic heterocycles. The summed E-state index contributed by atoms with van der Waals surface area (Å²) in [5.74, 6) is 0. The van der Waals surface area contributed by atoms with Gasteiger partial charge in [-0.1, -0.05) is 19.3 Å². The molecule has 0 spiro atoms. The fourth-order valence-electron chi connectivity index (χ4n) is 4.50. The van der Waals surface area contributed by atoms with Crippen LogP contribution in [0.4, 0.5) is 9.59 Å². The summed E-state index contributed by atoms with van der Waals surface area (Å²) < 4.78 is 10.8. The highest BCUT2D eigenvalue weighted by atomic mass is 16.6. The van der Waals surface area contributed by atoms with Crippen LogP contribution >= 0.6 is 0 Å². The zero-order chi connectivity index (χ0) is 30.0. The third-order valence-corrected chi connectivity index (χ3v) is 6.73. The van der Waals surface area contributed by atoms with Crippen molar-refractivity contribution in [2.75, 3.05) is 72.1 Å². The smallest absolute Gasteiger partial charge is 0.410 e. The van der Waals surface area contributed by atoms with E-state index in [-0.39, 0.29) is 12.2 Å². The fourth-order valence-corrected chi connectivity index (χ4v) is 4.50. The van der Waals surface area contributed by atoms with Crippen LogP contribution in [0.1, 0.15) is 92.9 Å². The predicted molar refractivity (Wildman–Crippen MR) is 159 cm³/mol. The molecule has 0 aromatic heterocycles. The molecule has 10 heteroatoms. The van der Waals surface area contributed by atoms with E-state index in [2.05, 4.69) is 9.80 Å². The first-order valence-electron chi connectivity index (χ1n) is 15.3. The highest BCUT2D eigenvalue weighted by molar-refractivity contribution is 5.68. The number of aliphatic hydroxyl groups is 1. The van der Waals surface area contributed by atoms with Crippen LogP contribution in [0.5, 0.6) is 0 Å². The van der Waals surface area contributed by atoms with Crippen molar-refractivity contribution in [3.05, 3.63) is 0 Å². The second-order valence-corrected chi connectivity index (χ2v) is 12.8. The number of amides is 2. The van der Waals surface area contributed by atoms with Crippen LogP contribution < -0.4 is 0 Å². The maximum atomic E-state index is 11.9. The van der Waals surface area contributed by atoms with Gasteiger partial charge in [-0.3, -0.25) is 9.80 Å². The molecule has 0 aromatic rings. The van der Waals surface area contributed by atoms with Gasteiger partial charge in [0.15, 0.2) is 0 Å². The Morgan fingerprint density at radius 2 is 1.00 bits per heavy atom. The van der Waals surface area contributed by atoms with Crippen LogP contribution in [0.2, 0.25) is 0 Å². The Labute approximate surface area is 243 Å². The van der Waals surface area contributed by atoms with E-state index in [1.165, 1.54) is 12.8 Å². The van der Waals surface area contributed by atoms with Crippen molar-refractivity contribution in [3.8, 4) is 0 Å². The topological polar surface area (TPSA) is 103 Å². The molecule has 2 fully saturated rings. The standard InChI is InChI=1S/C15H30N2O3.C15H28N2O3/c2*1-15(2,3)20-14(19)17-11-9-16(10-12-17)8-6-4-5-7-13-18/h18H,4-13H2,1-3H3;13H,4-12H2,1-3H3. The second-order valence-electron chi connectivity index (χ2n) is 12.8. The number of ether oxygens (including phenoxy) is 2. The summed E-state index contributed by atoms with van der Waals surface area (Å²) in [4.78, 5) is 42.4. The zero-order valence-corrected chi connectivity index (χ0v) is 26.3. The van der Waals surface area contributed by atoms with E-state index in [1.54, 1.807) is 9.80 Å². The second kappa shape index (κ2) is 19.3. The molecule has 2 amide bonds. The molecule has 0 aliphatic carbocycles. The Morgan fingerprint density at radius 3 is 1.35 bits per heavy atom. The van der Waals surface area contributed by atoms with Gasteiger partial charge in [0.2, 0.25) is 0 Å². The number of unbranched alkanes of at least 4 members (excludes halogenated alkanes) is 6. The lowest BCUT2D eigenvalue weighted by Crippen LogP contribution is -2.50. The van der Waals surface area contributed by atoms with Gasteiger partial charge in [0.1, 0.15) is 17.5 Å². The number of piperazine rings is 2. The number of hydrogen-bond acceptors (Lipinski definition) is 8. The minimum absolute atomic E-state index is 0.194. The fraction of sp³-hybridized carbons (Fsp3) is 0.900. The molecular formula is C30H58N4O6. The van der Waals surface area contributed by atoms with Gasteiger partial charge in [-0.15, -0.1) is 0 Å². The largest absolute Gasteiger partial charge is 0.444 e. The molecule has 1 N–H and O–H groups in total. The quantitative estimate of drug-likeness (QED) is 0.272. The van der Waals surface area contributed by atoms with Crippen molar-refractivity contribution in [1.29, 1.82) is 0 Å². The average molecular weight is 571 g/mol. The molecule has 2 rings (SSSR count). The summed E-state index contributed by atoms with van der Waals surface area (Å²) in [5.41, 5.74) is -0.840. The van der Waals surface area contributed by atoms with Crippen molar-refractivity contribution in [2.24, 2.45) is 0 Å². The van der Waals surface area contributed by atoms with Crippen LogP contribution in [0.25, 0.3) is 0 Å². The van der Waals surface area contributed by atoms with Gasteiger partial charge in [-0.25, -0.2) is 9.59 Å². The molecule has 0 aromatic carbocycles. The molecule has 0 saturated carbocycles. The summed E-state index contributed by atoms with van der Waals surface area (Å²) in [6, 6.07) is 0. The Balaban J connectivity index is 0.000000400. The van der Waals surface area contributed by atoms with Gasteiger partial charge in [0.05, 0.1) is 0 Å². The van der Waals surface area contributed by atoms with Crippen LogP contribution in [-0.4, -0.2) is 126 Å². The Morgan fingerprint density at radius 1 is 0.625 bits per heavy atom. The van der Waals surface area contributed by atoms with E-state index in [4.69, 9.17) is 14.6 Å². The SMILES string of the molecule is CC(C)(C)OC(=O)N1CCN(CCCCCC=O)CC1.CC(C)(C)OC(=O)N1CCN(CCCCCCO)CC1. The van der Waals surface area contributed by atoms with Crippen LogP contribution in [0.3, 0.4) is 0 Å². The molecule has 0 unspecified atom stereocenters. The number of rotatable bonds is 12. The van der Waals surface area contributed by atoms with E-state index in [0.717, 1.165) is 104 Å². The summed E-state index contributed by atoms with van der Waals surface area (Å²) in [7, 11) is 0. The first-order chi connectivity index (χ1) is 18.8. The number of carbonyl (C=O) groups is 3. The molecule has 2 heterocycles. The van der Waals surface area contributed by atoms with Gasteiger partial charge in [0, 0.05) is 65.4 Å². The number of hydrogen-bond donors (Lipinski definition) is 1. The normalized spacial score (nSPS) is 17.2. The molecule has 234 valence electrons. The number of nitrogens with zero attached hydrogens (tertiary/aromatic N) is 4. The number of aldehydes is 1. The summed E-state index contributed by atoms with van der Waals surface area (Å²) in [5, 5.41) is 8.72. The third kappa shape index (κ3) is 17.7. The van der Waals surface area contributed by atoms with Crippen molar-refractivity contribution < 1.29 is 29.0 Å². The number of carbonyl (C=O) groups excluding carboxylic acids is 3. The van der Waals surface area contributed by atoms with Crippen LogP contribution in [0, 0.1) is 0 Å². The molecule has 40 heavy (non-hydrogen) atoms. The van der Waals surface area contributed by atoms with Gasteiger partial charge in [0.25, 0.3) is 0 Å². The maximum absolute atomic E-state index is 11.9. The number of aliphatic hydroxyl groups excluding tert-OH is 1. The van der Waals surface area contributed by atoms with E-state index >= 15 is 0 Å². The maximum Gasteiger partial charge on any atom is 0.410 e. The highest BCUT2D eigenvalue weighted by Gasteiger charge is 2.26. The lowest BCUT2D eigenvalue weighted by molar-refractivity contribution is -0.107. The average Bonchev–Trinajstić information content (AvgIpc) is 2.87. The Bertz CT molecular complexity index is 706. The van der Waals surface area contributed by atoms with Crippen molar-refractivity contribution in [2.45, 2.75) is 104 Å². The molecule has 0 atom stereocenters. The van der Waals surface area contributed by atoms with Gasteiger partial charge >= 0.3 is 12.2 Å². The van der Waals surface area contributed by atoms with E-state index in [1.807, 2.05) is 41.5 Å². The lowest BCUT2D eigenvalue weighted by atomic mass is 10.2. The lowest BCUT2D eigenvalue weighted by Gasteiger charge is -2.35. The monoisotopic (exact) mass is 570 g/mol. The molecule has 2 aliphatic rings. The summed E-state index contributed by atoms with van der Waals surface area (Å²) >= 11 is 0. The van der Waals surface area contributed by atoms with E-state index < -0.39 is 11.2 Å². The first kappa shape index (κ1) is 36.1. The molecule has 10 nitrogen and oxygen atoms in total. The van der Waals surface area contributed by atoms with Crippen LogP contribution in [0.15, 0.2) is 0 Å². The molecule has 2 saturated heterocycles. The highest BCUT2D eigenvalue weighted by Crippen LogP contribution is 2.14. The molecule has 0 radical (unpaired) electrons. The van der Waals surface area contributed by atoms with Crippen molar-refractivity contribution in [3.63, 3.8) is 0 Å². The van der Waals surface area contributed by atoms with Gasteiger partial charge in [-0.2, -0.15) is 0 Å². The summed E-state index contributed by atoms with van der Waals surface area (Å²) in [6.07, 6.45) is 8.84. The van der Waals surface area contributed by atoms with Gasteiger partial charge in [-0.05, 0) is 80.3 Å². The van der Waals surface area contributed by atoms with E-state index in [9.17, 15) is 14.4 Å². The van der Waals surface area contributed by atoms with E-state index in [0.29, 0.717) is 13.0 Å². The summed E-state index contributed by atoms with van der Waals surface area (Å²) in [6.45, 7) is 20.5. The van der Waals surface area contributed by atoms with Crippen molar-refractivity contribution >= 4 is 18.5 Å². The van der Waals surface area contributed by atoms with Crippen molar-refractivity contribution in [1.82, 2.24) is 19.6 Å². The minimum Gasteiger partial charge on any atom is -0.444 e. The van der Waals surface area contributed by atoms with Gasteiger partial charge < -0.3 is 29.2 Å². The van der Waals surface area contributed by atoms with Crippen LogP contribution in [-0.2, 0) is 14.3 Å². The first-order valence-corrected chi connectivity index (χ1v) is 15.3. The minimum atomic E-state index is -0.424. The third-order valence-electron chi connectivity index (χ3n) is 6.73. The molecule has 0 bridgehead atoms. The molecular weight excluding hydrogens is 512 g/mol. The predicted octanol–water partition coefficient (Wildman–Crippen LogP) is 4.39. The zero-order valence-electron chi connectivity index (χ0n) is 26.3.